The molecule has 0 saturated heterocycles. The summed E-state index contributed by atoms with van der Waals surface area (Å²) in [6, 6.07) is 7.43. The van der Waals surface area contributed by atoms with Crippen molar-refractivity contribution >= 4 is 11.8 Å². The van der Waals surface area contributed by atoms with Gasteiger partial charge in [-0.1, -0.05) is 18.2 Å². The molecule has 0 fully saturated rings. The van der Waals surface area contributed by atoms with Crippen molar-refractivity contribution in [3.05, 3.63) is 35.4 Å². The normalized spacial score (nSPS) is 12.3. The van der Waals surface area contributed by atoms with Crippen molar-refractivity contribution in [2.75, 3.05) is 0 Å². The van der Waals surface area contributed by atoms with Crippen molar-refractivity contribution in [3.8, 4) is 0 Å². The van der Waals surface area contributed by atoms with E-state index >= 15 is 0 Å². The van der Waals surface area contributed by atoms with Crippen molar-refractivity contribution in [2.45, 2.75) is 20.5 Å². The average Bonchev–Trinajstić information content (AvgIpc) is 2.48. The van der Waals surface area contributed by atoms with E-state index in [0.717, 1.165) is 5.56 Å². The van der Waals surface area contributed by atoms with Crippen LogP contribution >= 0.6 is 0 Å². The van der Waals surface area contributed by atoms with E-state index in [-0.39, 0.29) is 11.8 Å². The topological polar surface area (TPSA) is 43.4 Å². The number of ketones is 1. The standard InChI is InChI=1S/C8H6O2.C3H6O/c9-8-7-4-2-1-3-6(7)5-10-8;1-3(2)4/h1-4H,5H2;1-2H3. The van der Waals surface area contributed by atoms with E-state index in [4.69, 9.17) is 4.74 Å². The van der Waals surface area contributed by atoms with Crippen molar-refractivity contribution in [1.29, 1.82) is 0 Å². The SMILES string of the molecule is CC(C)=O.O=C1OCc2ccccc21. The minimum absolute atomic E-state index is 0.167. The minimum atomic E-state index is -0.199. The van der Waals surface area contributed by atoms with Gasteiger partial charge in [-0.25, -0.2) is 4.79 Å². The molecule has 1 heterocycles. The first kappa shape index (κ1) is 10.4. The van der Waals surface area contributed by atoms with Gasteiger partial charge in [-0.15, -0.1) is 0 Å². The Kier molecular flexibility index (Phi) is 3.40. The molecule has 0 saturated carbocycles. The maximum absolute atomic E-state index is 10.8. The van der Waals surface area contributed by atoms with Crippen LogP contribution < -0.4 is 0 Å². The summed E-state index contributed by atoms with van der Waals surface area (Å²) < 4.78 is 4.78. The number of Topliss-reactive ketones (excluding diaryl/α,β-unsaturated/α-hetero) is 1. The quantitative estimate of drug-likeness (QED) is 0.590. The van der Waals surface area contributed by atoms with E-state index in [1.165, 1.54) is 13.8 Å². The third-order valence-electron chi connectivity index (χ3n) is 1.60. The van der Waals surface area contributed by atoms with Crippen LogP contribution in [0.25, 0.3) is 0 Å². The fourth-order valence-electron chi connectivity index (χ4n) is 1.07. The summed E-state index contributed by atoms with van der Waals surface area (Å²) in [5, 5.41) is 0. The first-order valence-corrected chi connectivity index (χ1v) is 4.33. The Morgan fingerprint density at radius 2 is 1.86 bits per heavy atom. The lowest BCUT2D eigenvalue weighted by atomic mass is 10.1. The average molecular weight is 192 g/mol. The number of carbonyl (C=O) groups is 2. The third kappa shape index (κ3) is 2.69. The number of hydrogen-bond acceptors (Lipinski definition) is 3. The monoisotopic (exact) mass is 192 g/mol. The predicted molar refractivity (Wildman–Crippen MR) is 51.9 cm³/mol. The highest BCUT2D eigenvalue weighted by atomic mass is 16.5. The third-order valence-corrected chi connectivity index (χ3v) is 1.60. The van der Waals surface area contributed by atoms with Gasteiger partial charge >= 0.3 is 5.97 Å². The molecule has 0 unspecified atom stereocenters. The van der Waals surface area contributed by atoms with Crippen LogP contribution in [0.1, 0.15) is 29.8 Å². The Balaban J connectivity index is 0.000000213. The number of hydrogen-bond donors (Lipinski definition) is 0. The van der Waals surface area contributed by atoms with Crippen LogP contribution in [0, 0.1) is 0 Å². The summed E-state index contributed by atoms with van der Waals surface area (Å²) in [5.41, 5.74) is 1.70. The molecule has 0 N–H and O–H groups in total. The van der Waals surface area contributed by atoms with E-state index in [2.05, 4.69) is 0 Å². The van der Waals surface area contributed by atoms with Crippen LogP contribution in [0.2, 0.25) is 0 Å². The van der Waals surface area contributed by atoms with Gasteiger partial charge in [0, 0.05) is 5.56 Å². The summed E-state index contributed by atoms with van der Waals surface area (Å²) in [6.45, 7) is 3.50. The van der Waals surface area contributed by atoms with E-state index in [1.807, 2.05) is 18.2 Å². The first-order valence-electron chi connectivity index (χ1n) is 4.33. The van der Waals surface area contributed by atoms with E-state index < -0.39 is 0 Å². The van der Waals surface area contributed by atoms with E-state index in [9.17, 15) is 9.59 Å². The Morgan fingerprint density at radius 1 is 1.29 bits per heavy atom. The number of ether oxygens (including phenoxy) is 1. The number of rotatable bonds is 0. The van der Waals surface area contributed by atoms with Crippen LogP contribution in [0.4, 0.5) is 0 Å². The Labute approximate surface area is 82.7 Å². The molecule has 3 nitrogen and oxygen atoms in total. The number of carbonyl (C=O) groups excluding carboxylic acids is 2. The second kappa shape index (κ2) is 4.56. The molecule has 0 radical (unpaired) electrons. The van der Waals surface area contributed by atoms with Gasteiger partial charge < -0.3 is 9.53 Å². The molecule has 0 atom stereocenters. The molecule has 2 rings (SSSR count). The largest absolute Gasteiger partial charge is 0.457 e. The first-order chi connectivity index (χ1) is 6.61. The molecule has 0 amide bonds. The number of cyclic esters (lactones) is 1. The molecule has 1 aliphatic heterocycles. The molecule has 0 aliphatic carbocycles. The predicted octanol–water partition coefficient (Wildman–Crippen LogP) is 1.95. The highest BCUT2D eigenvalue weighted by molar-refractivity contribution is 5.93. The summed E-state index contributed by atoms with van der Waals surface area (Å²) in [7, 11) is 0. The molecule has 74 valence electrons. The smallest absolute Gasteiger partial charge is 0.338 e. The summed E-state index contributed by atoms with van der Waals surface area (Å²) in [6.07, 6.45) is 0. The van der Waals surface area contributed by atoms with Crippen molar-refractivity contribution in [3.63, 3.8) is 0 Å². The zero-order valence-electron chi connectivity index (χ0n) is 8.24. The summed E-state index contributed by atoms with van der Waals surface area (Å²) in [4.78, 5) is 20.3. The Hall–Kier alpha value is -1.64. The van der Waals surface area contributed by atoms with Gasteiger partial charge in [0.1, 0.15) is 12.4 Å². The van der Waals surface area contributed by atoms with Crippen LogP contribution in [-0.2, 0) is 16.1 Å². The zero-order valence-corrected chi connectivity index (χ0v) is 8.24. The second-order valence-corrected chi connectivity index (χ2v) is 3.14. The summed E-state index contributed by atoms with van der Waals surface area (Å²) >= 11 is 0. The maximum atomic E-state index is 10.8. The molecule has 1 aliphatic rings. The maximum Gasteiger partial charge on any atom is 0.338 e. The van der Waals surface area contributed by atoms with Crippen molar-refractivity contribution in [1.82, 2.24) is 0 Å². The molecule has 1 aromatic rings. The lowest BCUT2D eigenvalue weighted by molar-refractivity contribution is -0.114. The Morgan fingerprint density at radius 3 is 2.43 bits per heavy atom. The van der Waals surface area contributed by atoms with Gasteiger partial charge in [0.25, 0.3) is 0 Å². The van der Waals surface area contributed by atoms with E-state index in [0.29, 0.717) is 12.2 Å². The summed E-state index contributed by atoms with van der Waals surface area (Å²) in [5.74, 6) is -0.0319. The lowest BCUT2D eigenvalue weighted by Crippen LogP contribution is -1.91. The molecular weight excluding hydrogens is 180 g/mol. The minimum Gasteiger partial charge on any atom is -0.457 e. The molecular formula is C11H12O3. The van der Waals surface area contributed by atoms with Crippen LogP contribution in [0.15, 0.2) is 24.3 Å². The molecule has 3 heteroatoms. The van der Waals surface area contributed by atoms with Gasteiger partial charge in [-0.2, -0.15) is 0 Å². The number of benzene rings is 1. The van der Waals surface area contributed by atoms with Crippen molar-refractivity contribution < 1.29 is 14.3 Å². The van der Waals surface area contributed by atoms with Gasteiger partial charge in [0.15, 0.2) is 0 Å². The van der Waals surface area contributed by atoms with Gasteiger partial charge in [-0.05, 0) is 19.9 Å². The Bertz CT molecular complexity index is 351. The second-order valence-electron chi connectivity index (χ2n) is 3.14. The van der Waals surface area contributed by atoms with Gasteiger partial charge in [-0.3, -0.25) is 0 Å². The lowest BCUT2D eigenvalue weighted by Gasteiger charge is -1.87. The van der Waals surface area contributed by atoms with Crippen molar-refractivity contribution in [2.24, 2.45) is 0 Å². The molecule has 0 bridgehead atoms. The highest BCUT2D eigenvalue weighted by Crippen LogP contribution is 2.17. The van der Waals surface area contributed by atoms with Crippen LogP contribution in [0.3, 0.4) is 0 Å². The van der Waals surface area contributed by atoms with Crippen LogP contribution in [-0.4, -0.2) is 11.8 Å². The molecule has 0 spiro atoms. The number of esters is 1. The molecule has 14 heavy (non-hydrogen) atoms. The highest BCUT2D eigenvalue weighted by Gasteiger charge is 2.18. The van der Waals surface area contributed by atoms with E-state index in [1.54, 1.807) is 6.07 Å². The fraction of sp³-hybridized carbons (Fsp3) is 0.273. The fourth-order valence-corrected chi connectivity index (χ4v) is 1.07. The van der Waals surface area contributed by atoms with Gasteiger partial charge in [0.05, 0.1) is 5.56 Å². The van der Waals surface area contributed by atoms with Crippen LogP contribution in [0.5, 0.6) is 0 Å². The van der Waals surface area contributed by atoms with Gasteiger partial charge in [0.2, 0.25) is 0 Å². The molecule has 0 aromatic heterocycles. The molecule has 1 aromatic carbocycles. The number of fused-ring (bicyclic) bond motifs is 1. The zero-order chi connectivity index (χ0) is 10.6.